The molecule has 2 aromatic carbocycles. The van der Waals surface area contributed by atoms with Crippen LogP contribution in [0, 0.1) is 5.92 Å². The Kier molecular flexibility index (Phi) is 9.94. The minimum atomic E-state index is -4.43. The quantitative estimate of drug-likeness (QED) is 0.197. The maximum Gasteiger partial charge on any atom is 0.416 e. The molecule has 45 heavy (non-hydrogen) atoms. The van der Waals surface area contributed by atoms with Crippen molar-refractivity contribution in [1.29, 1.82) is 0 Å². The molecule has 3 heterocycles. The van der Waals surface area contributed by atoms with Crippen molar-refractivity contribution in [2.75, 3.05) is 16.8 Å². The van der Waals surface area contributed by atoms with Crippen LogP contribution in [0.1, 0.15) is 86.6 Å². The molecule has 0 bridgehead atoms. The fourth-order valence-electron chi connectivity index (χ4n) is 6.21. The molecular weight excluding hydrogens is 581 g/mol. The largest absolute Gasteiger partial charge is 0.475 e. The maximum absolute atomic E-state index is 13.3. The van der Waals surface area contributed by atoms with Crippen molar-refractivity contribution in [2.24, 2.45) is 5.92 Å². The van der Waals surface area contributed by atoms with Crippen LogP contribution < -0.4 is 10.2 Å². The number of carboxylic acid groups (broad SMARTS) is 1. The Morgan fingerprint density at radius 1 is 0.956 bits per heavy atom. The Hall–Kier alpha value is -4.15. The van der Waals surface area contributed by atoms with Gasteiger partial charge in [0.1, 0.15) is 5.52 Å². The average Bonchev–Trinajstić information content (AvgIpc) is 3.36. The molecule has 1 aliphatic heterocycles. The minimum absolute atomic E-state index is 0.0483. The van der Waals surface area contributed by atoms with Gasteiger partial charge in [-0.05, 0) is 74.6 Å². The summed E-state index contributed by atoms with van der Waals surface area (Å²) in [6.45, 7) is 7.03. The fourth-order valence-corrected chi connectivity index (χ4v) is 6.21. The molecular formula is C34H41F3N6O2. The highest BCUT2D eigenvalue weighted by Gasteiger charge is 2.32. The SMILES string of the molecule is CC.CC(Nc1nc(C(=O)O)nc2nc(N3CCCCC3Cc3ccccc3)n(Cc3ccc(C(F)(F)F)cc3)c12)C1CCC1. The van der Waals surface area contributed by atoms with Crippen LogP contribution in [-0.2, 0) is 19.1 Å². The molecule has 0 radical (unpaired) electrons. The lowest BCUT2D eigenvalue weighted by molar-refractivity contribution is -0.137. The van der Waals surface area contributed by atoms with E-state index in [0.29, 0.717) is 28.8 Å². The third-order valence-corrected chi connectivity index (χ3v) is 8.82. The zero-order valence-electron chi connectivity index (χ0n) is 26.0. The lowest BCUT2D eigenvalue weighted by Gasteiger charge is -2.37. The number of hydrogen-bond donors (Lipinski definition) is 2. The number of anilines is 2. The summed E-state index contributed by atoms with van der Waals surface area (Å²) < 4.78 is 41.9. The summed E-state index contributed by atoms with van der Waals surface area (Å²) in [6.07, 6.45) is 2.68. The molecule has 1 saturated carbocycles. The second kappa shape index (κ2) is 13.9. The zero-order valence-corrected chi connectivity index (χ0v) is 26.0. The standard InChI is InChI=1S/C32H35F3N6O2.C2H6/c1-20(23-10-7-11-23)36-27-26-28(38-29(37-27)30(42)43)39-31(41(26)19-22-13-15-24(16-14-22)32(33,34)35)40-17-6-5-12-25(40)18-21-8-3-2-4-9-21;1-2/h2-4,8-9,13-16,20,23,25H,5-7,10-12,17-19H2,1H3,(H,42,43)(H,36,37,38);1-2H3. The van der Waals surface area contributed by atoms with Crippen LogP contribution in [0.3, 0.4) is 0 Å². The number of nitrogens with one attached hydrogen (secondary N) is 1. The lowest BCUT2D eigenvalue weighted by Crippen LogP contribution is -2.42. The fraction of sp³-hybridized carbons (Fsp3) is 0.471. The summed E-state index contributed by atoms with van der Waals surface area (Å²) in [7, 11) is 0. The number of piperidine rings is 1. The number of aromatic carboxylic acids is 1. The number of alkyl halides is 3. The summed E-state index contributed by atoms with van der Waals surface area (Å²) >= 11 is 0. The Balaban J connectivity index is 0.00000196. The van der Waals surface area contributed by atoms with Crippen molar-refractivity contribution < 1.29 is 23.1 Å². The van der Waals surface area contributed by atoms with Gasteiger partial charge < -0.3 is 19.9 Å². The Bertz CT molecular complexity index is 1590. The topological polar surface area (TPSA) is 96.2 Å². The monoisotopic (exact) mass is 622 g/mol. The highest BCUT2D eigenvalue weighted by molar-refractivity contribution is 5.91. The number of carbonyl (C=O) groups is 1. The summed E-state index contributed by atoms with van der Waals surface area (Å²) in [6, 6.07) is 15.6. The van der Waals surface area contributed by atoms with Gasteiger partial charge in [0, 0.05) is 18.6 Å². The first-order chi connectivity index (χ1) is 21.7. The number of imidazole rings is 1. The number of nitrogens with zero attached hydrogens (tertiary/aromatic N) is 5. The van der Waals surface area contributed by atoms with E-state index in [1.807, 2.05) is 36.6 Å². The number of hydrogen-bond acceptors (Lipinski definition) is 6. The third kappa shape index (κ3) is 7.23. The van der Waals surface area contributed by atoms with Crippen LogP contribution in [-0.4, -0.2) is 49.2 Å². The number of halogens is 3. The molecule has 6 rings (SSSR count). The summed E-state index contributed by atoms with van der Waals surface area (Å²) in [5, 5.41) is 13.3. The van der Waals surface area contributed by atoms with E-state index in [4.69, 9.17) is 4.98 Å². The van der Waals surface area contributed by atoms with E-state index in [1.165, 1.54) is 17.7 Å². The van der Waals surface area contributed by atoms with E-state index in [1.54, 1.807) is 0 Å². The zero-order chi connectivity index (χ0) is 32.1. The van der Waals surface area contributed by atoms with Crippen LogP contribution in [0.25, 0.3) is 11.2 Å². The highest BCUT2D eigenvalue weighted by Crippen LogP contribution is 2.36. The third-order valence-electron chi connectivity index (χ3n) is 8.82. The number of fused-ring (bicyclic) bond motifs is 1. The van der Waals surface area contributed by atoms with E-state index in [2.05, 4.69) is 39.2 Å². The lowest BCUT2D eigenvalue weighted by atomic mass is 9.80. The van der Waals surface area contributed by atoms with Crippen molar-refractivity contribution in [2.45, 2.75) is 90.5 Å². The van der Waals surface area contributed by atoms with Gasteiger partial charge in [0.15, 0.2) is 11.5 Å². The van der Waals surface area contributed by atoms with Gasteiger partial charge in [0.2, 0.25) is 11.8 Å². The normalized spacial score (nSPS) is 17.7. The van der Waals surface area contributed by atoms with Crippen molar-refractivity contribution in [1.82, 2.24) is 19.5 Å². The van der Waals surface area contributed by atoms with Crippen molar-refractivity contribution >= 4 is 28.9 Å². The molecule has 2 aromatic heterocycles. The summed E-state index contributed by atoms with van der Waals surface area (Å²) in [5.74, 6) is -0.154. The molecule has 2 atom stereocenters. The van der Waals surface area contributed by atoms with Gasteiger partial charge in [-0.2, -0.15) is 18.2 Å². The maximum atomic E-state index is 13.3. The van der Waals surface area contributed by atoms with Crippen LogP contribution in [0.4, 0.5) is 24.9 Å². The number of aromatic nitrogens is 4. The van der Waals surface area contributed by atoms with Crippen LogP contribution in [0.5, 0.6) is 0 Å². The molecule has 8 nitrogen and oxygen atoms in total. The van der Waals surface area contributed by atoms with Crippen molar-refractivity contribution in [3.63, 3.8) is 0 Å². The second-order valence-corrected chi connectivity index (χ2v) is 11.7. The molecule has 4 aromatic rings. The predicted octanol–water partition coefficient (Wildman–Crippen LogP) is 7.82. The van der Waals surface area contributed by atoms with Gasteiger partial charge in [0.05, 0.1) is 12.1 Å². The summed E-state index contributed by atoms with van der Waals surface area (Å²) in [4.78, 5) is 28.0. The molecule has 1 saturated heterocycles. The molecule has 2 unspecified atom stereocenters. The average molecular weight is 623 g/mol. The molecule has 2 aliphatic rings. The van der Waals surface area contributed by atoms with Crippen LogP contribution in [0.2, 0.25) is 0 Å². The Morgan fingerprint density at radius 3 is 2.29 bits per heavy atom. The summed E-state index contributed by atoms with van der Waals surface area (Å²) in [5.41, 5.74) is 1.95. The number of rotatable bonds is 9. The van der Waals surface area contributed by atoms with Gasteiger partial charge >= 0.3 is 12.1 Å². The first-order valence-electron chi connectivity index (χ1n) is 15.9. The minimum Gasteiger partial charge on any atom is -0.475 e. The number of benzene rings is 2. The van der Waals surface area contributed by atoms with Crippen LogP contribution >= 0.6 is 0 Å². The van der Waals surface area contributed by atoms with Crippen molar-refractivity contribution in [3.05, 3.63) is 77.1 Å². The van der Waals surface area contributed by atoms with Gasteiger partial charge in [-0.25, -0.2) is 14.8 Å². The smallest absolute Gasteiger partial charge is 0.416 e. The van der Waals surface area contributed by atoms with E-state index in [9.17, 15) is 23.1 Å². The van der Waals surface area contributed by atoms with Gasteiger partial charge in [-0.15, -0.1) is 0 Å². The van der Waals surface area contributed by atoms with E-state index in [-0.39, 0.29) is 30.1 Å². The first kappa shape index (κ1) is 32.2. The van der Waals surface area contributed by atoms with Crippen molar-refractivity contribution in [3.8, 4) is 0 Å². The predicted molar refractivity (Wildman–Crippen MR) is 170 cm³/mol. The Morgan fingerprint density at radius 2 is 1.67 bits per heavy atom. The van der Waals surface area contributed by atoms with Gasteiger partial charge in [0.25, 0.3) is 0 Å². The van der Waals surface area contributed by atoms with E-state index < -0.39 is 17.7 Å². The molecule has 1 aliphatic carbocycles. The molecule has 2 N–H and O–H groups in total. The molecule has 11 heteroatoms. The highest BCUT2D eigenvalue weighted by atomic mass is 19.4. The molecule has 2 fully saturated rings. The first-order valence-corrected chi connectivity index (χ1v) is 15.9. The molecule has 0 spiro atoms. The second-order valence-electron chi connectivity index (χ2n) is 11.7. The molecule has 240 valence electrons. The van der Waals surface area contributed by atoms with Gasteiger partial charge in [-0.3, -0.25) is 0 Å². The van der Waals surface area contributed by atoms with E-state index in [0.717, 1.165) is 63.6 Å². The van der Waals surface area contributed by atoms with Crippen LogP contribution in [0.15, 0.2) is 54.6 Å². The van der Waals surface area contributed by atoms with Gasteiger partial charge in [-0.1, -0.05) is 62.7 Å². The number of carboxylic acids is 1. The van der Waals surface area contributed by atoms with E-state index >= 15 is 0 Å². The Labute approximate surface area is 261 Å². The molecule has 0 amide bonds.